The molecule has 0 saturated heterocycles. The lowest BCUT2D eigenvalue weighted by atomic mass is 10.0. The van der Waals surface area contributed by atoms with Gasteiger partial charge in [0, 0.05) is 29.4 Å². The molecule has 0 saturated carbocycles. The van der Waals surface area contributed by atoms with Crippen molar-refractivity contribution in [2.24, 2.45) is 0 Å². The molecule has 0 bridgehead atoms. The van der Waals surface area contributed by atoms with Crippen LogP contribution in [0.3, 0.4) is 0 Å². The van der Waals surface area contributed by atoms with E-state index in [0.717, 1.165) is 34.0 Å². The summed E-state index contributed by atoms with van der Waals surface area (Å²) in [6.07, 6.45) is 3.54. The van der Waals surface area contributed by atoms with E-state index in [-0.39, 0.29) is 0 Å². The topological polar surface area (TPSA) is 34.1 Å². The van der Waals surface area contributed by atoms with Gasteiger partial charge in [-0.05, 0) is 29.3 Å². The standard InChI is InChI=1S/C16H19ClN2O/c1-11(2)19-9-12-6-14(17)4-5-16(12)13-7-15(20-3)10-18-8-13/h4-8,10-11,19H,9H2,1-3H3. The van der Waals surface area contributed by atoms with Crippen molar-refractivity contribution in [2.45, 2.75) is 26.4 Å². The van der Waals surface area contributed by atoms with Gasteiger partial charge in [-0.25, -0.2) is 0 Å². The van der Waals surface area contributed by atoms with Crippen LogP contribution in [0.25, 0.3) is 11.1 Å². The summed E-state index contributed by atoms with van der Waals surface area (Å²) in [5, 5.41) is 4.16. The smallest absolute Gasteiger partial charge is 0.137 e. The molecule has 1 N–H and O–H groups in total. The lowest BCUT2D eigenvalue weighted by Gasteiger charge is -2.13. The lowest BCUT2D eigenvalue weighted by molar-refractivity contribution is 0.413. The van der Waals surface area contributed by atoms with Crippen molar-refractivity contribution in [3.63, 3.8) is 0 Å². The van der Waals surface area contributed by atoms with Crippen LogP contribution in [-0.2, 0) is 6.54 Å². The van der Waals surface area contributed by atoms with Gasteiger partial charge in [-0.2, -0.15) is 0 Å². The molecule has 0 spiro atoms. The second-order valence-electron chi connectivity index (χ2n) is 4.95. The van der Waals surface area contributed by atoms with E-state index in [9.17, 15) is 0 Å². The summed E-state index contributed by atoms with van der Waals surface area (Å²) in [7, 11) is 1.64. The molecule has 4 heteroatoms. The maximum Gasteiger partial charge on any atom is 0.137 e. The number of ether oxygens (including phenoxy) is 1. The zero-order valence-electron chi connectivity index (χ0n) is 12.0. The highest BCUT2D eigenvalue weighted by molar-refractivity contribution is 6.30. The van der Waals surface area contributed by atoms with Crippen LogP contribution in [0.15, 0.2) is 36.7 Å². The molecule has 1 heterocycles. The maximum absolute atomic E-state index is 6.11. The Morgan fingerprint density at radius 3 is 2.75 bits per heavy atom. The molecule has 0 radical (unpaired) electrons. The van der Waals surface area contributed by atoms with E-state index in [2.05, 4.69) is 24.1 Å². The van der Waals surface area contributed by atoms with Gasteiger partial charge in [0.15, 0.2) is 0 Å². The van der Waals surface area contributed by atoms with Crippen LogP contribution in [0.2, 0.25) is 5.02 Å². The number of benzene rings is 1. The molecule has 1 aromatic heterocycles. The molecule has 0 aliphatic rings. The molecule has 0 unspecified atom stereocenters. The molecule has 106 valence electrons. The molecule has 20 heavy (non-hydrogen) atoms. The molecular weight excluding hydrogens is 272 g/mol. The largest absolute Gasteiger partial charge is 0.495 e. The molecule has 3 nitrogen and oxygen atoms in total. The Bertz CT molecular complexity index is 584. The molecule has 0 atom stereocenters. The van der Waals surface area contributed by atoms with Gasteiger partial charge >= 0.3 is 0 Å². The van der Waals surface area contributed by atoms with Crippen molar-refractivity contribution in [1.29, 1.82) is 0 Å². The first kappa shape index (κ1) is 14.8. The zero-order valence-corrected chi connectivity index (χ0v) is 12.7. The number of nitrogens with zero attached hydrogens (tertiary/aromatic N) is 1. The van der Waals surface area contributed by atoms with Gasteiger partial charge in [0.2, 0.25) is 0 Å². The van der Waals surface area contributed by atoms with E-state index in [0.29, 0.717) is 6.04 Å². The number of methoxy groups -OCH3 is 1. The third-order valence-corrected chi connectivity index (χ3v) is 3.26. The van der Waals surface area contributed by atoms with Crippen molar-refractivity contribution in [2.75, 3.05) is 7.11 Å². The Morgan fingerprint density at radius 2 is 2.05 bits per heavy atom. The summed E-state index contributed by atoms with van der Waals surface area (Å²) >= 11 is 6.11. The molecule has 0 fully saturated rings. The molecule has 0 amide bonds. The molecular formula is C16H19ClN2O. The Morgan fingerprint density at radius 1 is 1.25 bits per heavy atom. The average molecular weight is 291 g/mol. The van der Waals surface area contributed by atoms with Gasteiger partial charge in [0.1, 0.15) is 5.75 Å². The summed E-state index contributed by atoms with van der Waals surface area (Å²) in [4.78, 5) is 4.21. The second-order valence-corrected chi connectivity index (χ2v) is 5.39. The van der Waals surface area contributed by atoms with E-state index >= 15 is 0 Å². The monoisotopic (exact) mass is 290 g/mol. The van der Waals surface area contributed by atoms with Crippen molar-refractivity contribution in [3.05, 3.63) is 47.2 Å². The third kappa shape index (κ3) is 3.71. The summed E-state index contributed by atoms with van der Waals surface area (Å²) in [5.74, 6) is 0.750. The lowest BCUT2D eigenvalue weighted by Crippen LogP contribution is -2.22. The highest BCUT2D eigenvalue weighted by Gasteiger charge is 2.08. The summed E-state index contributed by atoms with van der Waals surface area (Å²) in [6.45, 7) is 5.01. The summed E-state index contributed by atoms with van der Waals surface area (Å²) < 4.78 is 5.23. The predicted molar refractivity (Wildman–Crippen MR) is 83.2 cm³/mol. The van der Waals surface area contributed by atoms with Crippen molar-refractivity contribution in [3.8, 4) is 16.9 Å². The van der Waals surface area contributed by atoms with Crippen LogP contribution in [0.5, 0.6) is 5.75 Å². The fourth-order valence-electron chi connectivity index (χ4n) is 1.98. The fourth-order valence-corrected chi connectivity index (χ4v) is 2.18. The number of halogens is 1. The highest BCUT2D eigenvalue weighted by Crippen LogP contribution is 2.28. The first-order valence-corrected chi connectivity index (χ1v) is 6.99. The fraction of sp³-hybridized carbons (Fsp3) is 0.312. The molecule has 0 aliphatic carbocycles. The van der Waals surface area contributed by atoms with Crippen LogP contribution in [0.4, 0.5) is 0 Å². The van der Waals surface area contributed by atoms with Crippen LogP contribution in [0, 0.1) is 0 Å². The van der Waals surface area contributed by atoms with Crippen LogP contribution in [-0.4, -0.2) is 18.1 Å². The minimum absolute atomic E-state index is 0.422. The maximum atomic E-state index is 6.11. The van der Waals surface area contributed by atoms with Crippen molar-refractivity contribution in [1.82, 2.24) is 10.3 Å². The van der Waals surface area contributed by atoms with E-state index in [4.69, 9.17) is 16.3 Å². The van der Waals surface area contributed by atoms with Gasteiger partial charge in [0.25, 0.3) is 0 Å². The third-order valence-electron chi connectivity index (χ3n) is 3.03. The Hall–Kier alpha value is -1.58. The van der Waals surface area contributed by atoms with Crippen LogP contribution in [0.1, 0.15) is 19.4 Å². The van der Waals surface area contributed by atoms with E-state index in [1.807, 2.05) is 30.5 Å². The van der Waals surface area contributed by atoms with Crippen LogP contribution >= 0.6 is 11.6 Å². The molecule has 0 aliphatic heterocycles. The number of hydrogen-bond donors (Lipinski definition) is 1. The SMILES string of the molecule is COc1cncc(-c2ccc(Cl)cc2CNC(C)C)c1. The average Bonchev–Trinajstić information content (AvgIpc) is 2.45. The predicted octanol–water partition coefficient (Wildman–Crippen LogP) is 3.91. The number of hydrogen-bond acceptors (Lipinski definition) is 3. The minimum Gasteiger partial charge on any atom is -0.495 e. The number of aromatic nitrogens is 1. The minimum atomic E-state index is 0.422. The van der Waals surface area contributed by atoms with Crippen molar-refractivity contribution < 1.29 is 4.74 Å². The van der Waals surface area contributed by atoms with Gasteiger partial charge in [-0.3, -0.25) is 4.98 Å². The van der Waals surface area contributed by atoms with Gasteiger partial charge in [-0.1, -0.05) is 31.5 Å². The Kier molecular flexibility index (Phi) is 4.99. The number of rotatable bonds is 5. The Balaban J connectivity index is 2.38. The normalized spacial score (nSPS) is 10.8. The second kappa shape index (κ2) is 6.73. The van der Waals surface area contributed by atoms with E-state index < -0.39 is 0 Å². The zero-order chi connectivity index (χ0) is 14.5. The first-order valence-electron chi connectivity index (χ1n) is 6.61. The molecule has 1 aromatic carbocycles. The quantitative estimate of drug-likeness (QED) is 0.906. The van der Waals surface area contributed by atoms with Crippen LogP contribution < -0.4 is 10.1 Å². The summed E-state index contributed by atoms with van der Waals surface area (Å²) in [5.41, 5.74) is 3.30. The summed E-state index contributed by atoms with van der Waals surface area (Å²) in [6, 6.07) is 8.32. The van der Waals surface area contributed by atoms with E-state index in [1.165, 1.54) is 0 Å². The van der Waals surface area contributed by atoms with Gasteiger partial charge < -0.3 is 10.1 Å². The molecule has 2 aromatic rings. The highest BCUT2D eigenvalue weighted by atomic mass is 35.5. The Labute approximate surface area is 124 Å². The first-order chi connectivity index (χ1) is 9.60. The van der Waals surface area contributed by atoms with E-state index in [1.54, 1.807) is 13.3 Å². The van der Waals surface area contributed by atoms with Gasteiger partial charge in [-0.15, -0.1) is 0 Å². The molecule has 2 rings (SSSR count). The van der Waals surface area contributed by atoms with Gasteiger partial charge in [0.05, 0.1) is 13.3 Å². The van der Waals surface area contributed by atoms with Crippen molar-refractivity contribution >= 4 is 11.6 Å². The number of pyridine rings is 1. The number of nitrogens with one attached hydrogen (secondary N) is 1.